The maximum absolute atomic E-state index is 15.1. The van der Waals surface area contributed by atoms with Crippen LogP contribution in [0.1, 0.15) is 110 Å². The number of aromatic nitrogens is 9. The van der Waals surface area contributed by atoms with E-state index in [-0.39, 0.29) is 150 Å². The lowest BCUT2D eigenvalue weighted by atomic mass is 10.0. The molecule has 696 valence electrons. The largest absolute Gasteiger partial charge is 0.397 e. The number of carbonyl (C=O) groups is 3. The maximum Gasteiger partial charge on any atom is 0.276 e. The Kier molecular flexibility index (Phi) is 30.4. The zero-order valence-electron chi connectivity index (χ0n) is 73.2. The summed E-state index contributed by atoms with van der Waals surface area (Å²) >= 11 is 76.5. The van der Waals surface area contributed by atoms with E-state index in [4.69, 9.17) is 171 Å². The minimum atomic E-state index is -1.01. The summed E-state index contributed by atoms with van der Waals surface area (Å²) in [5.74, 6) is -4.07. The predicted molar refractivity (Wildman–Crippen MR) is 533 cm³/mol. The molecule has 3 fully saturated rings. The van der Waals surface area contributed by atoms with E-state index in [1.54, 1.807) is 51.5 Å². The Labute approximate surface area is 830 Å². The standard InChI is InChI=1S/3C31H26Cl4FN7O2/c3*1-5-19(44)41-8-10-42(11-9-41)29-16-12-18(32)27(20-21(33)24(36)22(34)23(35)25(20)38)40-30(16)43(31(45)17(29)13-37)28-15(4)6-7-39-26(28)14(2)3/h3*5-7,12,14H,1,8-11,38H2,2-4H3. The molecule has 42 heteroatoms. The molecular weight excluding hydrogens is 1990 g/mol. The van der Waals surface area contributed by atoms with Gasteiger partial charge in [0.25, 0.3) is 16.7 Å². The number of nitrogens with two attached hydrogens (primary N) is 3. The van der Waals surface area contributed by atoms with Crippen LogP contribution < -0.4 is 48.6 Å². The van der Waals surface area contributed by atoms with Gasteiger partial charge in [0.2, 0.25) is 17.7 Å². The Balaban J connectivity index is 0.000000171. The molecule has 3 amide bonds. The normalized spacial score (nSPS) is 13.4. The Hall–Kier alpha value is -11.6. The quantitative estimate of drug-likeness (QED) is 0.0371. The number of nitrogens with zero attached hydrogens (tertiary/aromatic N) is 18. The van der Waals surface area contributed by atoms with Gasteiger partial charge in [0.15, 0.2) is 17.5 Å². The highest BCUT2D eigenvalue weighted by molar-refractivity contribution is 6.49. The van der Waals surface area contributed by atoms with Gasteiger partial charge in [-0.2, -0.15) is 15.8 Å². The van der Waals surface area contributed by atoms with E-state index >= 15 is 13.2 Å². The van der Waals surface area contributed by atoms with Crippen molar-refractivity contribution in [3.8, 4) is 69.0 Å². The molecule has 27 nitrogen and oxygen atoms in total. The van der Waals surface area contributed by atoms with E-state index in [9.17, 15) is 44.6 Å². The molecule has 3 saturated heterocycles. The molecule has 12 aromatic rings. The van der Waals surface area contributed by atoms with E-state index in [0.29, 0.717) is 163 Å². The summed E-state index contributed by atoms with van der Waals surface area (Å²) in [4.78, 5) is 118. The number of hydrogen-bond acceptors (Lipinski definition) is 21. The van der Waals surface area contributed by atoms with Gasteiger partial charge >= 0.3 is 0 Å². The van der Waals surface area contributed by atoms with Gasteiger partial charge in [0.05, 0.1) is 146 Å². The molecule has 12 heterocycles. The molecule has 3 aliphatic rings. The highest BCUT2D eigenvalue weighted by Gasteiger charge is 2.38. The highest BCUT2D eigenvalue weighted by Crippen LogP contribution is 2.52. The van der Waals surface area contributed by atoms with Crippen molar-refractivity contribution >= 4 is 224 Å². The zero-order valence-corrected chi connectivity index (χ0v) is 82.2. The molecule has 9 aromatic heterocycles. The van der Waals surface area contributed by atoms with Crippen LogP contribution >= 0.6 is 139 Å². The highest BCUT2D eigenvalue weighted by atomic mass is 35.5. The first-order chi connectivity index (χ1) is 64.0. The van der Waals surface area contributed by atoms with Gasteiger partial charge in [0.1, 0.15) is 51.8 Å². The minimum Gasteiger partial charge on any atom is -0.397 e. The lowest BCUT2D eigenvalue weighted by molar-refractivity contribution is -0.127. The Morgan fingerprint density at radius 3 is 0.800 bits per heavy atom. The maximum atomic E-state index is 15.1. The van der Waals surface area contributed by atoms with Gasteiger partial charge in [-0.25, -0.2) is 28.1 Å². The number of anilines is 6. The van der Waals surface area contributed by atoms with E-state index < -0.39 is 64.3 Å². The van der Waals surface area contributed by atoms with Crippen LogP contribution in [0.5, 0.6) is 0 Å². The van der Waals surface area contributed by atoms with Crippen LogP contribution in [0.4, 0.5) is 47.3 Å². The number of rotatable bonds is 15. The number of nitriles is 3. The molecule has 0 saturated carbocycles. The SMILES string of the molecule is C=CC(=O)N1CCN(c2c(C#N)c(=O)n(-c3c(C)ccnc3C(C)C)c3nc(-c4c(N)c(Cl)c(Cl)c(F)c4Cl)c(Cl)cc23)CC1.C=CC(=O)N1CCN(c2c(C#N)c(=O)n(-c3c(C)ccnc3C(C)C)c3nc(-c4c(N)c(Cl)c(Cl)c(F)c4Cl)c(Cl)cc23)CC1.C=CC(=O)N1CCN(c2c(C#N)c(=O)n(-c3c(C)ccnc3C(C)C)c3nc(-c4c(N)c(Cl)c(Cl)c(F)c4Cl)c(Cl)cc23)CC1. The molecule has 0 unspecified atom stereocenters. The molecule has 6 N–H and O–H groups in total. The average molecular weight is 2070 g/mol. The van der Waals surface area contributed by atoms with Crippen LogP contribution in [-0.4, -0.2) is 155 Å². The Morgan fingerprint density at radius 1 is 0.378 bits per heavy atom. The number of halogens is 15. The van der Waals surface area contributed by atoms with E-state index in [2.05, 4.69) is 52.9 Å². The fourth-order valence-electron chi connectivity index (χ4n) is 16.6. The molecule has 15 rings (SSSR count). The Morgan fingerprint density at radius 2 is 0.600 bits per heavy atom. The lowest BCUT2D eigenvalue weighted by Crippen LogP contribution is -2.49. The van der Waals surface area contributed by atoms with Gasteiger partial charge in [-0.15, -0.1) is 0 Å². The first kappa shape index (κ1) is 101. The molecule has 3 aromatic carbocycles. The number of carbonyl (C=O) groups excluding carboxylic acids is 3. The molecule has 0 radical (unpaired) electrons. The first-order valence-corrected chi connectivity index (χ1v) is 45.8. The summed E-state index contributed by atoms with van der Waals surface area (Å²) in [6, 6.07) is 16.1. The molecule has 0 atom stereocenters. The summed E-state index contributed by atoms with van der Waals surface area (Å²) in [5, 5.41) is 28.7. The third kappa shape index (κ3) is 18.2. The molecule has 135 heavy (non-hydrogen) atoms. The third-order valence-electron chi connectivity index (χ3n) is 23.2. The van der Waals surface area contributed by atoms with Crippen LogP contribution in [0.2, 0.25) is 60.3 Å². The first-order valence-electron chi connectivity index (χ1n) is 41.3. The van der Waals surface area contributed by atoms with E-state index in [1.807, 2.05) is 77.0 Å². The van der Waals surface area contributed by atoms with Crippen molar-refractivity contribution in [2.75, 3.05) is 110 Å². The van der Waals surface area contributed by atoms with Crippen molar-refractivity contribution in [3.05, 3.63) is 252 Å². The van der Waals surface area contributed by atoms with Crippen molar-refractivity contribution in [1.29, 1.82) is 15.8 Å². The van der Waals surface area contributed by atoms with Crippen LogP contribution in [0, 0.1) is 72.2 Å². The van der Waals surface area contributed by atoms with Crippen molar-refractivity contribution in [1.82, 2.24) is 58.3 Å². The fraction of sp³-hybridized carbons (Fsp3) is 0.258. The lowest BCUT2D eigenvalue weighted by Gasteiger charge is -2.36. The number of piperazine rings is 3. The van der Waals surface area contributed by atoms with Gasteiger partial charge in [-0.1, -0.05) is 200 Å². The van der Waals surface area contributed by atoms with Crippen LogP contribution in [0.3, 0.4) is 0 Å². The number of hydrogen-bond donors (Lipinski definition) is 3. The molecule has 0 aliphatic carbocycles. The molecule has 0 spiro atoms. The summed E-state index contributed by atoms with van der Waals surface area (Å²) < 4.78 is 49.2. The number of nitrogen functional groups attached to an aromatic ring is 3. The van der Waals surface area contributed by atoms with Crippen molar-refractivity contribution in [2.45, 2.75) is 80.1 Å². The topological polar surface area (TPSA) is 363 Å². The third-order valence-corrected chi connectivity index (χ3v) is 27.7. The second-order valence-electron chi connectivity index (χ2n) is 32.2. The fourth-order valence-corrected chi connectivity index (χ4v) is 19.4. The number of amides is 3. The van der Waals surface area contributed by atoms with Gasteiger partial charge in [0, 0.05) is 130 Å². The van der Waals surface area contributed by atoms with Crippen LogP contribution in [0.15, 0.2) is 107 Å². The van der Waals surface area contributed by atoms with Crippen LogP contribution in [0.25, 0.3) is 83.9 Å². The van der Waals surface area contributed by atoms with E-state index in [0.717, 1.165) is 0 Å². The number of fused-ring (bicyclic) bond motifs is 3. The van der Waals surface area contributed by atoms with Gasteiger partial charge in [-0.3, -0.25) is 57.4 Å². The van der Waals surface area contributed by atoms with Gasteiger partial charge < -0.3 is 46.6 Å². The molecule has 0 bridgehead atoms. The second kappa shape index (κ2) is 40.7. The Bertz CT molecular complexity index is 6640. The zero-order chi connectivity index (χ0) is 98.7. The molecular formula is C93H78Cl12F3N21O6. The van der Waals surface area contributed by atoms with Crippen molar-refractivity contribution < 1.29 is 27.6 Å². The smallest absolute Gasteiger partial charge is 0.276 e. The average Bonchev–Trinajstić information content (AvgIpc) is 0.728. The predicted octanol–water partition coefficient (Wildman–Crippen LogP) is 20.8. The number of benzene rings is 3. The van der Waals surface area contributed by atoms with Crippen molar-refractivity contribution in [3.63, 3.8) is 0 Å². The van der Waals surface area contributed by atoms with E-state index in [1.165, 1.54) is 50.1 Å². The molecule has 3 aliphatic heterocycles. The summed E-state index contributed by atoms with van der Waals surface area (Å²) in [5.41, 5.74) is 21.8. The number of pyridine rings is 9. The summed E-state index contributed by atoms with van der Waals surface area (Å²) in [6.07, 6.45) is 8.63. The van der Waals surface area contributed by atoms with Crippen molar-refractivity contribution in [2.24, 2.45) is 0 Å². The van der Waals surface area contributed by atoms with Crippen LogP contribution in [-0.2, 0) is 14.4 Å². The van der Waals surface area contributed by atoms with Gasteiger partial charge in [-0.05, 0) is 110 Å². The second-order valence-corrected chi connectivity index (χ2v) is 36.9. The minimum absolute atomic E-state index is 0.00306. The summed E-state index contributed by atoms with van der Waals surface area (Å²) in [7, 11) is 0. The summed E-state index contributed by atoms with van der Waals surface area (Å²) in [6.45, 7) is 31.5. The monoisotopic (exact) mass is 2060 g/mol. The number of aryl methyl sites for hydroxylation is 3.